The summed E-state index contributed by atoms with van der Waals surface area (Å²) in [6, 6.07) is 5.67. The van der Waals surface area contributed by atoms with Crippen LogP contribution in [-0.2, 0) is 0 Å². The fraction of sp³-hybridized carbons (Fsp3) is 0.467. The third-order valence-electron chi connectivity index (χ3n) is 3.86. The Morgan fingerprint density at radius 3 is 2.65 bits per heavy atom. The summed E-state index contributed by atoms with van der Waals surface area (Å²) in [5.74, 6) is 0.322. The third kappa shape index (κ3) is 2.99. The van der Waals surface area contributed by atoms with Crippen LogP contribution in [0.15, 0.2) is 24.3 Å². The fourth-order valence-corrected chi connectivity index (χ4v) is 2.58. The van der Waals surface area contributed by atoms with Crippen molar-refractivity contribution in [3.8, 4) is 5.75 Å². The number of rotatable bonds is 4. The molecule has 1 unspecified atom stereocenters. The fourth-order valence-electron chi connectivity index (χ4n) is 2.58. The Bertz CT molecular complexity index is 538. The summed E-state index contributed by atoms with van der Waals surface area (Å²) in [7, 11) is 5.65. The van der Waals surface area contributed by atoms with Gasteiger partial charge in [0.2, 0.25) is 0 Å². The first kappa shape index (κ1) is 14.5. The zero-order valence-corrected chi connectivity index (χ0v) is 12.1. The number of hydrogen-bond donors (Lipinski definition) is 0. The quantitative estimate of drug-likeness (QED) is 0.626. The predicted octanol–water partition coefficient (Wildman–Crippen LogP) is 3.10. The molecule has 1 aliphatic carbocycles. The number of benzene rings is 1. The van der Waals surface area contributed by atoms with Gasteiger partial charge in [-0.1, -0.05) is 6.08 Å². The molecule has 0 saturated heterocycles. The minimum Gasteiger partial charge on any atom is -0.490 e. The number of allylic oxidation sites excluding steroid dienone is 1. The Hall–Kier alpha value is -1.88. The van der Waals surface area contributed by atoms with Crippen LogP contribution in [0.1, 0.15) is 24.8 Å². The van der Waals surface area contributed by atoms with E-state index in [4.69, 9.17) is 4.74 Å². The van der Waals surface area contributed by atoms with Gasteiger partial charge in [0.25, 0.3) is 0 Å². The van der Waals surface area contributed by atoms with Crippen LogP contribution in [0.25, 0.3) is 5.57 Å². The van der Waals surface area contributed by atoms with Gasteiger partial charge in [0, 0.05) is 12.1 Å². The van der Waals surface area contributed by atoms with Crippen molar-refractivity contribution in [2.24, 2.45) is 0 Å². The van der Waals surface area contributed by atoms with Crippen molar-refractivity contribution in [3.63, 3.8) is 0 Å². The molecule has 1 aliphatic rings. The molecule has 0 radical (unpaired) electrons. The molecule has 0 amide bonds. The van der Waals surface area contributed by atoms with E-state index >= 15 is 0 Å². The van der Waals surface area contributed by atoms with Crippen LogP contribution in [0.2, 0.25) is 0 Å². The average molecular weight is 276 g/mol. The highest BCUT2D eigenvalue weighted by Gasteiger charge is 2.20. The highest BCUT2D eigenvalue weighted by atomic mass is 16.6. The molecule has 0 fully saturated rings. The molecule has 1 aromatic carbocycles. The number of methoxy groups -OCH3 is 1. The molecule has 0 aromatic heterocycles. The lowest BCUT2D eigenvalue weighted by Crippen LogP contribution is -2.28. The molecule has 0 bridgehead atoms. The smallest absolute Gasteiger partial charge is 0.310 e. The Kier molecular flexibility index (Phi) is 4.39. The van der Waals surface area contributed by atoms with E-state index < -0.39 is 4.92 Å². The SMILES string of the molecule is COc1cc(C2=CCC(N(C)C)CC2)ccc1[N+](=O)[O-]. The summed E-state index contributed by atoms with van der Waals surface area (Å²) < 4.78 is 5.12. The second kappa shape index (κ2) is 6.05. The van der Waals surface area contributed by atoms with Gasteiger partial charge in [-0.25, -0.2) is 0 Å². The molecule has 108 valence electrons. The maximum absolute atomic E-state index is 10.9. The van der Waals surface area contributed by atoms with Crippen molar-refractivity contribution in [2.45, 2.75) is 25.3 Å². The average Bonchev–Trinajstić information content (AvgIpc) is 2.46. The van der Waals surface area contributed by atoms with Crippen molar-refractivity contribution < 1.29 is 9.66 Å². The molecule has 0 spiro atoms. The van der Waals surface area contributed by atoms with E-state index in [0.29, 0.717) is 11.8 Å². The lowest BCUT2D eigenvalue weighted by atomic mass is 9.90. The number of nitro benzene ring substituents is 1. The van der Waals surface area contributed by atoms with Crippen LogP contribution in [0.3, 0.4) is 0 Å². The Morgan fingerprint density at radius 2 is 2.15 bits per heavy atom. The zero-order chi connectivity index (χ0) is 14.7. The second-order valence-electron chi connectivity index (χ2n) is 5.26. The van der Waals surface area contributed by atoms with E-state index in [2.05, 4.69) is 25.1 Å². The molecule has 0 saturated carbocycles. The first-order chi connectivity index (χ1) is 9.52. The normalized spacial score (nSPS) is 18.8. The van der Waals surface area contributed by atoms with Gasteiger partial charge in [-0.15, -0.1) is 0 Å². The summed E-state index contributed by atoms with van der Waals surface area (Å²) in [6.45, 7) is 0. The van der Waals surface area contributed by atoms with E-state index in [1.54, 1.807) is 6.07 Å². The van der Waals surface area contributed by atoms with Gasteiger partial charge in [-0.2, -0.15) is 0 Å². The van der Waals surface area contributed by atoms with E-state index in [9.17, 15) is 10.1 Å². The first-order valence-corrected chi connectivity index (χ1v) is 6.71. The molecular formula is C15H20N2O3. The maximum atomic E-state index is 10.9. The topological polar surface area (TPSA) is 55.6 Å². The van der Waals surface area contributed by atoms with Crippen molar-refractivity contribution in [1.82, 2.24) is 4.90 Å². The second-order valence-corrected chi connectivity index (χ2v) is 5.26. The molecule has 5 heteroatoms. The van der Waals surface area contributed by atoms with E-state index in [1.807, 2.05) is 6.07 Å². The minimum atomic E-state index is -0.417. The molecule has 0 aliphatic heterocycles. The van der Waals surface area contributed by atoms with Crippen LogP contribution in [0.5, 0.6) is 5.75 Å². The Labute approximate surface area is 119 Å². The van der Waals surface area contributed by atoms with Gasteiger partial charge in [-0.05, 0) is 56.6 Å². The van der Waals surface area contributed by atoms with Crippen molar-refractivity contribution in [2.75, 3.05) is 21.2 Å². The molecular weight excluding hydrogens is 256 g/mol. The first-order valence-electron chi connectivity index (χ1n) is 6.71. The van der Waals surface area contributed by atoms with Gasteiger partial charge in [0.05, 0.1) is 12.0 Å². The number of ether oxygens (including phenoxy) is 1. The Morgan fingerprint density at radius 1 is 1.40 bits per heavy atom. The van der Waals surface area contributed by atoms with Crippen molar-refractivity contribution in [1.29, 1.82) is 0 Å². The Balaban J connectivity index is 2.24. The maximum Gasteiger partial charge on any atom is 0.310 e. The van der Waals surface area contributed by atoms with Crippen molar-refractivity contribution >= 4 is 11.3 Å². The summed E-state index contributed by atoms with van der Waals surface area (Å²) in [6.07, 6.45) is 5.35. The van der Waals surface area contributed by atoms with Gasteiger partial charge in [-0.3, -0.25) is 10.1 Å². The molecule has 5 nitrogen and oxygen atoms in total. The standard InChI is InChI=1S/C15H20N2O3/c1-16(2)13-7-4-11(5-8-13)12-6-9-14(17(18)19)15(10-12)20-3/h4,6,9-10,13H,5,7-8H2,1-3H3. The molecule has 20 heavy (non-hydrogen) atoms. The monoisotopic (exact) mass is 276 g/mol. The summed E-state index contributed by atoms with van der Waals surface area (Å²) in [4.78, 5) is 12.7. The minimum absolute atomic E-state index is 0.0128. The highest BCUT2D eigenvalue weighted by molar-refractivity contribution is 5.69. The van der Waals surface area contributed by atoms with Crippen LogP contribution < -0.4 is 4.74 Å². The van der Waals surface area contributed by atoms with Gasteiger partial charge in [0.1, 0.15) is 0 Å². The van der Waals surface area contributed by atoms with Crippen LogP contribution in [0, 0.1) is 10.1 Å². The lowest BCUT2D eigenvalue weighted by molar-refractivity contribution is -0.385. The number of hydrogen-bond acceptors (Lipinski definition) is 4. The van der Waals surface area contributed by atoms with Crippen LogP contribution in [-0.4, -0.2) is 37.1 Å². The summed E-state index contributed by atoms with van der Waals surface area (Å²) in [5.41, 5.74) is 2.28. The molecule has 0 N–H and O–H groups in total. The van der Waals surface area contributed by atoms with E-state index in [1.165, 1.54) is 18.7 Å². The summed E-state index contributed by atoms with van der Waals surface area (Å²) in [5, 5.41) is 10.9. The van der Waals surface area contributed by atoms with Crippen LogP contribution >= 0.6 is 0 Å². The highest BCUT2D eigenvalue weighted by Crippen LogP contribution is 2.34. The number of nitro groups is 1. The van der Waals surface area contributed by atoms with Gasteiger partial charge in [0.15, 0.2) is 5.75 Å². The third-order valence-corrected chi connectivity index (χ3v) is 3.86. The van der Waals surface area contributed by atoms with Gasteiger partial charge < -0.3 is 9.64 Å². The zero-order valence-electron chi connectivity index (χ0n) is 12.1. The van der Waals surface area contributed by atoms with Gasteiger partial charge >= 0.3 is 5.69 Å². The predicted molar refractivity (Wildman–Crippen MR) is 79.0 cm³/mol. The number of nitrogens with zero attached hydrogens (tertiary/aromatic N) is 2. The lowest BCUT2D eigenvalue weighted by Gasteiger charge is -2.27. The largest absolute Gasteiger partial charge is 0.490 e. The molecule has 2 rings (SSSR count). The van der Waals surface area contributed by atoms with E-state index in [-0.39, 0.29) is 5.69 Å². The van der Waals surface area contributed by atoms with E-state index in [0.717, 1.165) is 24.8 Å². The van der Waals surface area contributed by atoms with Crippen molar-refractivity contribution in [3.05, 3.63) is 40.0 Å². The van der Waals surface area contributed by atoms with Crippen LogP contribution in [0.4, 0.5) is 5.69 Å². The molecule has 1 aromatic rings. The summed E-state index contributed by atoms with van der Waals surface area (Å²) >= 11 is 0. The molecule has 0 heterocycles. The molecule has 1 atom stereocenters.